The van der Waals surface area contributed by atoms with Gasteiger partial charge in [-0.2, -0.15) is 0 Å². The van der Waals surface area contributed by atoms with Crippen molar-refractivity contribution in [2.45, 2.75) is 13.3 Å². The van der Waals surface area contributed by atoms with Gasteiger partial charge in [0.25, 0.3) is 0 Å². The normalized spacial score (nSPS) is 36.5. The molecular weight excluding hydrogens is 184 g/mol. The summed E-state index contributed by atoms with van der Waals surface area (Å²) in [6.07, 6.45) is 4.96. The van der Waals surface area contributed by atoms with Gasteiger partial charge in [-0.25, -0.2) is 0 Å². The van der Waals surface area contributed by atoms with E-state index in [1.807, 2.05) is 12.2 Å². The SMILES string of the molecule is CCCOS1(Cl)CC=CCO1. The molecule has 0 aromatic carbocycles. The number of hydrogen-bond donors (Lipinski definition) is 0. The summed E-state index contributed by atoms with van der Waals surface area (Å²) < 4.78 is 10.7. The Labute approximate surface area is 73.7 Å². The van der Waals surface area contributed by atoms with Crippen LogP contribution in [0.2, 0.25) is 0 Å². The zero-order chi connectivity index (χ0) is 8.16. The van der Waals surface area contributed by atoms with Gasteiger partial charge in [0.1, 0.15) is 0 Å². The third kappa shape index (κ3) is 3.03. The molecule has 0 radical (unpaired) electrons. The van der Waals surface area contributed by atoms with E-state index in [2.05, 4.69) is 6.92 Å². The van der Waals surface area contributed by atoms with Crippen LogP contribution in [0.3, 0.4) is 0 Å². The van der Waals surface area contributed by atoms with Gasteiger partial charge in [-0.1, -0.05) is 19.1 Å². The Balaban J connectivity index is 2.33. The van der Waals surface area contributed by atoms with Crippen molar-refractivity contribution in [1.82, 2.24) is 0 Å². The van der Waals surface area contributed by atoms with Gasteiger partial charge in [0, 0.05) is 10.7 Å². The Morgan fingerprint density at radius 2 is 2.45 bits per heavy atom. The first-order chi connectivity index (χ1) is 5.27. The van der Waals surface area contributed by atoms with Crippen LogP contribution in [0.5, 0.6) is 0 Å². The molecule has 0 aromatic rings. The average Bonchev–Trinajstić information content (AvgIpc) is 2.03. The van der Waals surface area contributed by atoms with E-state index < -0.39 is 9.80 Å². The molecule has 1 unspecified atom stereocenters. The van der Waals surface area contributed by atoms with Crippen LogP contribution in [0.15, 0.2) is 12.2 Å². The molecule has 0 saturated heterocycles. The highest BCUT2D eigenvalue weighted by atomic mass is 35.7. The van der Waals surface area contributed by atoms with Gasteiger partial charge in [0.2, 0.25) is 0 Å². The fourth-order valence-electron chi connectivity index (χ4n) is 0.730. The highest BCUT2D eigenvalue weighted by Gasteiger charge is 2.18. The van der Waals surface area contributed by atoms with E-state index in [0.717, 1.165) is 6.42 Å². The first-order valence-corrected chi connectivity index (χ1v) is 6.19. The Kier molecular flexibility index (Phi) is 3.72. The minimum Gasteiger partial charge on any atom is -0.270 e. The molecule has 0 bridgehead atoms. The summed E-state index contributed by atoms with van der Waals surface area (Å²) in [6, 6.07) is 0. The molecule has 0 saturated carbocycles. The van der Waals surface area contributed by atoms with E-state index in [0.29, 0.717) is 19.0 Å². The molecule has 0 fully saturated rings. The largest absolute Gasteiger partial charge is 0.270 e. The lowest BCUT2D eigenvalue weighted by Gasteiger charge is -2.36. The van der Waals surface area contributed by atoms with Crippen molar-refractivity contribution >= 4 is 20.5 Å². The van der Waals surface area contributed by atoms with E-state index in [1.165, 1.54) is 0 Å². The van der Waals surface area contributed by atoms with E-state index in [-0.39, 0.29) is 0 Å². The van der Waals surface area contributed by atoms with Crippen molar-refractivity contribution in [1.29, 1.82) is 0 Å². The molecule has 0 N–H and O–H groups in total. The van der Waals surface area contributed by atoms with Crippen molar-refractivity contribution in [3.63, 3.8) is 0 Å². The van der Waals surface area contributed by atoms with Gasteiger partial charge in [0.15, 0.2) is 0 Å². The lowest BCUT2D eigenvalue weighted by atomic mass is 10.5. The van der Waals surface area contributed by atoms with Crippen LogP contribution < -0.4 is 0 Å². The standard InChI is InChI=1S/C7H13ClO2S/c1-2-5-9-11(8)7-4-3-6-10-11/h3-4H,2,5-7H2,1H3. The topological polar surface area (TPSA) is 18.5 Å². The van der Waals surface area contributed by atoms with Crippen molar-refractivity contribution in [3.8, 4) is 0 Å². The zero-order valence-corrected chi connectivity index (χ0v) is 8.16. The average molecular weight is 197 g/mol. The van der Waals surface area contributed by atoms with E-state index in [9.17, 15) is 0 Å². The van der Waals surface area contributed by atoms with Crippen LogP contribution >= 0.6 is 20.5 Å². The van der Waals surface area contributed by atoms with Crippen LogP contribution in [0.4, 0.5) is 0 Å². The molecule has 0 amide bonds. The molecular formula is C7H13ClO2S. The lowest BCUT2D eigenvalue weighted by molar-refractivity contribution is 0.283. The maximum Gasteiger partial charge on any atom is 0.0911 e. The zero-order valence-electron chi connectivity index (χ0n) is 6.59. The Bertz CT molecular complexity index is 151. The first-order valence-electron chi connectivity index (χ1n) is 3.71. The minimum absolute atomic E-state index is 0.586. The fraction of sp³-hybridized carbons (Fsp3) is 0.714. The molecule has 0 aliphatic carbocycles. The van der Waals surface area contributed by atoms with E-state index in [4.69, 9.17) is 19.0 Å². The number of halogens is 1. The second kappa shape index (κ2) is 4.36. The summed E-state index contributed by atoms with van der Waals surface area (Å²) in [7, 11) is 4.32. The maximum absolute atomic E-state index is 6.04. The summed E-state index contributed by atoms with van der Waals surface area (Å²) in [5.41, 5.74) is 0. The van der Waals surface area contributed by atoms with Crippen LogP contribution in [-0.4, -0.2) is 19.0 Å². The highest BCUT2D eigenvalue weighted by Crippen LogP contribution is 2.56. The molecule has 2 nitrogen and oxygen atoms in total. The van der Waals surface area contributed by atoms with Crippen molar-refractivity contribution in [2.24, 2.45) is 0 Å². The molecule has 66 valence electrons. The van der Waals surface area contributed by atoms with Gasteiger partial charge in [-0.05, 0) is 6.42 Å². The monoisotopic (exact) mass is 196 g/mol. The van der Waals surface area contributed by atoms with Crippen LogP contribution in [0, 0.1) is 0 Å². The predicted molar refractivity (Wildman–Crippen MR) is 49.6 cm³/mol. The second-order valence-corrected chi connectivity index (χ2v) is 5.58. The number of hydrogen-bond acceptors (Lipinski definition) is 2. The van der Waals surface area contributed by atoms with Gasteiger partial charge < -0.3 is 0 Å². The molecule has 1 rings (SSSR count). The minimum atomic E-state index is -1.72. The summed E-state index contributed by atoms with van der Waals surface area (Å²) in [5.74, 6) is 0.717. The molecule has 0 aromatic heterocycles. The summed E-state index contributed by atoms with van der Waals surface area (Å²) in [6.45, 7) is 3.33. The Morgan fingerprint density at radius 1 is 1.64 bits per heavy atom. The highest BCUT2D eigenvalue weighted by molar-refractivity contribution is 8.44. The van der Waals surface area contributed by atoms with Gasteiger partial charge in [-0.3, -0.25) is 8.37 Å². The smallest absolute Gasteiger partial charge is 0.0911 e. The van der Waals surface area contributed by atoms with Crippen molar-refractivity contribution in [2.75, 3.05) is 19.0 Å². The maximum atomic E-state index is 6.04. The molecule has 4 heteroatoms. The van der Waals surface area contributed by atoms with Crippen LogP contribution in [0.25, 0.3) is 0 Å². The third-order valence-corrected chi connectivity index (χ3v) is 3.78. The Hall–Kier alpha value is 0.300. The van der Waals surface area contributed by atoms with Crippen molar-refractivity contribution < 1.29 is 8.37 Å². The molecule has 11 heavy (non-hydrogen) atoms. The molecule has 1 atom stereocenters. The van der Waals surface area contributed by atoms with E-state index in [1.54, 1.807) is 0 Å². The van der Waals surface area contributed by atoms with Crippen LogP contribution in [-0.2, 0) is 8.37 Å². The molecule has 1 aliphatic heterocycles. The third-order valence-electron chi connectivity index (χ3n) is 1.27. The summed E-state index contributed by atoms with van der Waals surface area (Å²) in [5, 5.41) is 0. The van der Waals surface area contributed by atoms with Crippen molar-refractivity contribution in [3.05, 3.63) is 12.2 Å². The second-order valence-electron chi connectivity index (χ2n) is 2.28. The summed E-state index contributed by atoms with van der Waals surface area (Å²) >= 11 is 0. The van der Waals surface area contributed by atoms with Gasteiger partial charge in [0.05, 0.1) is 19.0 Å². The predicted octanol–water partition coefficient (Wildman–Crippen LogP) is 2.79. The molecule has 0 spiro atoms. The molecule has 1 aliphatic rings. The van der Waals surface area contributed by atoms with Gasteiger partial charge >= 0.3 is 0 Å². The van der Waals surface area contributed by atoms with Crippen LogP contribution in [0.1, 0.15) is 13.3 Å². The lowest BCUT2D eigenvalue weighted by Crippen LogP contribution is -2.10. The number of rotatable bonds is 3. The quantitative estimate of drug-likeness (QED) is 0.647. The Morgan fingerprint density at radius 3 is 3.00 bits per heavy atom. The summed E-state index contributed by atoms with van der Waals surface area (Å²) in [4.78, 5) is 0. The molecule has 1 heterocycles. The fourth-order valence-corrected chi connectivity index (χ4v) is 2.62. The van der Waals surface area contributed by atoms with E-state index >= 15 is 0 Å². The van der Waals surface area contributed by atoms with Gasteiger partial charge in [-0.15, -0.1) is 9.80 Å². The first kappa shape index (κ1) is 9.39.